The SMILES string of the molecule is ClS1=Nc2cc(OCc3ccccc3)ccc2S1. The number of benzene rings is 2. The standard InChI is InChI=1S/C13H10ClNOS2/c14-18-15-12-8-11(6-7-13(12)17-18)16-9-10-4-2-1-3-5-10/h1-8H,9H2. The van der Waals surface area contributed by atoms with Crippen LogP contribution < -0.4 is 4.74 Å². The van der Waals surface area contributed by atoms with Gasteiger partial charge in [0.1, 0.15) is 12.4 Å². The van der Waals surface area contributed by atoms with Crippen LogP contribution in [0.1, 0.15) is 5.56 Å². The van der Waals surface area contributed by atoms with E-state index in [4.69, 9.17) is 15.4 Å². The molecule has 2 aromatic carbocycles. The first-order valence-corrected chi connectivity index (χ1v) is 8.77. The van der Waals surface area contributed by atoms with Gasteiger partial charge < -0.3 is 4.74 Å². The van der Waals surface area contributed by atoms with Crippen LogP contribution in [-0.4, -0.2) is 0 Å². The molecule has 18 heavy (non-hydrogen) atoms. The average molecular weight is 296 g/mol. The van der Waals surface area contributed by atoms with E-state index < -0.39 is 8.94 Å². The molecule has 1 aliphatic heterocycles. The molecule has 0 fully saturated rings. The molecule has 0 aromatic heterocycles. The van der Waals surface area contributed by atoms with Crippen LogP contribution in [0.3, 0.4) is 0 Å². The Morgan fingerprint density at radius 2 is 2.00 bits per heavy atom. The van der Waals surface area contributed by atoms with Gasteiger partial charge in [-0.3, -0.25) is 0 Å². The molecule has 3 rings (SSSR count). The Hall–Kier alpha value is -0.970. The highest BCUT2D eigenvalue weighted by Crippen LogP contribution is 2.43. The van der Waals surface area contributed by atoms with Gasteiger partial charge in [-0.25, -0.2) is 4.36 Å². The first-order valence-electron chi connectivity index (χ1n) is 5.43. The maximum atomic E-state index is 5.99. The third kappa shape index (κ3) is 2.71. The summed E-state index contributed by atoms with van der Waals surface area (Å²) in [6.07, 6.45) is 0. The molecule has 1 heterocycles. The normalized spacial score (nSPS) is 17.1. The van der Waals surface area contributed by atoms with Crippen molar-refractivity contribution in [3.8, 4) is 5.75 Å². The molecule has 0 spiro atoms. The van der Waals surface area contributed by atoms with Gasteiger partial charge in [0.15, 0.2) is 0 Å². The quantitative estimate of drug-likeness (QED) is 0.753. The lowest BCUT2D eigenvalue weighted by atomic mass is 10.2. The number of halogens is 1. The molecule has 2 nitrogen and oxygen atoms in total. The summed E-state index contributed by atoms with van der Waals surface area (Å²) in [6.45, 7) is 0.569. The molecule has 0 amide bonds. The van der Waals surface area contributed by atoms with Crippen LogP contribution in [0, 0.1) is 0 Å². The topological polar surface area (TPSA) is 21.6 Å². The fourth-order valence-corrected chi connectivity index (χ4v) is 4.56. The lowest BCUT2D eigenvalue weighted by Crippen LogP contribution is -1.94. The van der Waals surface area contributed by atoms with Gasteiger partial charge >= 0.3 is 0 Å². The molecular formula is C13H10ClNOS2. The van der Waals surface area contributed by atoms with Gasteiger partial charge in [0, 0.05) is 11.0 Å². The predicted molar refractivity (Wildman–Crippen MR) is 78.4 cm³/mol. The maximum absolute atomic E-state index is 5.99. The molecule has 0 saturated carbocycles. The monoisotopic (exact) mass is 295 g/mol. The Kier molecular flexibility index (Phi) is 3.59. The molecule has 0 aliphatic carbocycles. The predicted octanol–water partition coefficient (Wildman–Crippen LogP) is 4.87. The summed E-state index contributed by atoms with van der Waals surface area (Å²) >= 11 is 0. The number of ether oxygens (including phenoxy) is 1. The van der Waals surface area contributed by atoms with Gasteiger partial charge in [-0.05, 0) is 39.2 Å². The molecule has 0 saturated heterocycles. The maximum Gasteiger partial charge on any atom is 0.122 e. The van der Waals surface area contributed by atoms with E-state index in [0.29, 0.717) is 6.61 Å². The van der Waals surface area contributed by atoms with Gasteiger partial charge in [-0.2, -0.15) is 0 Å². The number of fused-ring (bicyclic) bond motifs is 1. The first kappa shape index (κ1) is 12.1. The summed E-state index contributed by atoms with van der Waals surface area (Å²) in [5.41, 5.74) is 2.09. The summed E-state index contributed by atoms with van der Waals surface area (Å²) in [5.74, 6) is 0.831. The third-order valence-corrected chi connectivity index (χ3v) is 5.46. The van der Waals surface area contributed by atoms with Gasteiger partial charge in [0.25, 0.3) is 0 Å². The molecule has 0 radical (unpaired) electrons. The molecule has 1 atom stereocenters. The second-order valence-electron chi connectivity index (χ2n) is 3.78. The fourth-order valence-electron chi connectivity index (χ4n) is 1.64. The first-order chi connectivity index (χ1) is 8.81. The highest BCUT2D eigenvalue weighted by atomic mass is 35.7. The van der Waals surface area contributed by atoms with Gasteiger partial charge in [0.05, 0.1) is 14.6 Å². The number of rotatable bonds is 3. The van der Waals surface area contributed by atoms with E-state index in [9.17, 15) is 0 Å². The molecule has 1 unspecified atom stereocenters. The smallest absolute Gasteiger partial charge is 0.122 e. The summed E-state index contributed by atoms with van der Waals surface area (Å²) in [7, 11) is 7.11. The van der Waals surface area contributed by atoms with Crippen molar-refractivity contribution in [1.82, 2.24) is 0 Å². The van der Waals surface area contributed by atoms with Crippen molar-refractivity contribution in [1.29, 1.82) is 0 Å². The molecule has 2 aromatic rings. The highest BCUT2D eigenvalue weighted by Gasteiger charge is 2.13. The van der Waals surface area contributed by atoms with E-state index in [-0.39, 0.29) is 0 Å². The Balaban J connectivity index is 1.73. The van der Waals surface area contributed by atoms with Gasteiger partial charge in [-0.15, -0.1) is 0 Å². The zero-order valence-electron chi connectivity index (χ0n) is 9.38. The van der Waals surface area contributed by atoms with Crippen molar-refractivity contribution in [2.75, 3.05) is 0 Å². The average Bonchev–Trinajstić information content (AvgIpc) is 2.77. The molecule has 5 heteroatoms. The fraction of sp³-hybridized carbons (Fsp3) is 0.0769. The minimum atomic E-state index is -0.459. The molecule has 0 bridgehead atoms. The van der Waals surface area contributed by atoms with E-state index in [1.807, 2.05) is 48.5 Å². The zero-order chi connectivity index (χ0) is 12.4. The summed E-state index contributed by atoms with van der Waals surface area (Å²) < 4.78 is 10.1. The van der Waals surface area contributed by atoms with Crippen molar-refractivity contribution in [3.63, 3.8) is 0 Å². The molecule has 1 aliphatic rings. The summed E-state index contributed by atoms with van der Waals surface area (Å²) in [6, 6.07) is 16.0. The number of hydrogen-bond acceptors (Lipinski definition) is 3. The largest absolute Gasteiger partial charge is 0.489 e. The van der Waals surface area contributed by atoms with Crippen LogP contribution in [0.25, 0.3) is 0 Å². The second-order valence-corrected chi connectivity index (χ2v) is 7.86. The van der Waals surface area contributed by atoms with Crippen LogP contribution >= 0.6 is 21.5 Å². The summed E-state index contributed by atoms with van der Waals surface area (Å²) in [5, 5.41) is 0. The second kappa shape index (κ2) is 5.34. The molecule has 0 N–H and O–H groups in total. The Bertz CT molecular complexity index is 601. The Morgan fingerprint density at radius 1 is 1.17 bits per heavy atom. The van der Waals surface area contributed by atoms with E-state index >= 15 is 0 Å². The third-order valence-electron chi connectivity index (χ3n) is 2.51. The van der Waals surface area contributed by atoms with Crippen LogP contribution in [0.4, 0.5) is 5.69 Å². The van der Waals surface area contributed by atoms with Crippen LogP contribution in [0.2, 0.25) is 0 Å². The van der Waals surface area contributed by atoms with E-state index in [1.54, 1.807) is 10.8 Å². The van der Waals surface area contributed by atoms with Gasteiger partial charge in [0.2, 0.25) is 0 Å². The number of hydrogen-bond donors (Lipinski definition) is 0. The van der Waals surface area contributed by atoms with Crippen LogP contribution in [0.5, 0.6) is 5.75 Å². The van der Waals surface area contributed by atoms with E-state index in [1.165, 1.54) is 0 Å². The van der Waals surface area contributed by atoms with Crippen molar-refractivity contribution in [2.24, 2.45) is 4.36 Å². The molecule has 92 valence electrons. The highest BCUT2D eigenvalue weighted by molar-refractivity contribution is 8.78. The molecular weight excluding hydrogens is 286 g/mol. The minimum Gasteiger partial charge on any atom is -0.489 e. The Morgan fingerprint density at radius 3 is 2.83 bits per heavy atom. The van der Waals surface area contributed by atoms with Crippen molar-refractivity contribution < 1.29 is 4.74 Å². The Labute approximate surface area is 116 Å². The van der Waals surface area contributed by atoms with E-state index in [0.717, 1.165) is 21.9 Å². The minimum absolute atomic E-state index is 0.459. The zero-order valence-corrected chi connectivity index (χ0v) is 11.8. The van der Waals surface area contributed by atoms with Crippen LogP contribution in [-0.2, 0) is 15.5 Å². The van der Waals surface area contributed by atoms with Crippen molar-refractivity contribution in [2.45, 2.75) is 11.5 Å². The van der Waals surface area contributed by atoms with Crippen molar-refractivity contribution in [3.05, 3.63) is 54.1 Å². The van der Waals surface area contributed by atoms with E-state index in [2.05, 4.69) is 4.36 Å². The lowest BCUT2D eigenvalue weighted by Gasteiger charge is -2.06. The lowest BCUT2D eigenvalue weighted by molar-refractivity contribution is 0.306. The van der Waals surface area contributed by atoms with Crippen LogP contribution in [0.15, 0.2) is 57.8 Å². The van der Waals surface area contributed by atoms with Gasteiger partial charge in [-0.1, -0.05) is 30.3 Å². The van der Waals surface area contributed by atoms with Crippen molar-refractivity contribution >= 4 is 36.1 Å². The number of nitrogens with zero attached hydrogens (tertiary/aromatic N) is 1. The summed E-state index contributed by atoms with van der Waals surface area (Å²) in [4.78, 5) is 1.13.